The van der Waals surface area contributed by atoms with Crippen LogP contribution >= 0.6 is 23.6 Å². The number of aromatic nitrogens is 4. The van der Waals surface area contributed by atoms with Crippen LogP contribution in [0.4, 0.5) is 5.13 Å². The van der Waals surface area contributed by atoms with Crippen LogP contribution in [0.1, 0.15) is 17.7 Å². The maximum atomic E-state index is 12.0. The van der Waals surface area contributed by atoms with Crippen molar-refractivity contribution in [1.29, 1.82) is 0 Å². The van der Waals surface area contributed by atoms with E-state index in [-0.39, 0.29) is 34.8 Å². The number of carbonyl (C=O) groups is 1. The van der Waals surface area contributed by atoms with Crippen LogP contribution in [0.2, 0.25) is 0 Å². The number of nitrogens with zero attached hydrogens (tertiary/aromatic N) is 2. The Morgan fingerprint density at radius 3 is 3.04 bits per heavy atom. The lowest BCUT2D eigenvalue weighted by Crippen LogP contribution is -2.19. The summed E-state index contributed by atoms with van der Waals surface area (Å²) in [4.78, 5) is 30.4. The zero-order valence-corrected chi connectivity index (χ0v) is 13.8. The molecule has 2 heterocycles. The molecule has 0 aliphatic rings. The molecule has 9 heteroatoms. The number of rotatable bonds is 4. The number of fused-ring (bicyclic) bond motifs is 1. The number of carbonyl (C=O) groups excluding carboxylic acids is 1. The first-order valence-corrected chi connectivity index (χ1v) is 8.08. The van der Waals surface area contributed by atoms with Crippen molar-refractivity contribution in [3.63, 3.8) is 0 Å². The number of benzene rings is 1. The smallest absolute Gasteiger partial charge is 0.273 e. The molecule has 0 saturated heterocycles. The minimum atomic E-state index is -0.378. The monoisotopic (exact) mass is 347 g/mol. The van der Waals surface area contributed by atoms with Crippen LogP contribution in [0.5, 0.6) is 0 Å². The normalized spacial score (nSPS) is 10.8. The molecule has 118 valence electrons. The summed E-state index contributed by atoms with van der Waals surface area (Å²) in [6.45, 7) is 2.01. The predicted molar refractivity (Wildman–Crippen MR) is 91.4 cm³/mol. The molecule has 0 bridgehead atoms. The Hall–Kier alpha value is -2.39. The summed E-state index contributed by atoms with van der Waals surface area (Å²) in [6, 6.07) is 5.93. The van der Waals surface area contributed by atoms with Crippen LogP contribution in [0.3, 0.4) is 0 Å². The highest BCUT2D eigenvalue weighted by molar-refractivity contribution is 7.71. The Labute approximate surface area is 139 Å². The zero-order valence-electron chi connectivity index (χ0n) is 12.2. The van der Waals surface area contributed by atoms with Gasteiger partial charge < -0.3 is 5.32 Å². The van der Waals surface area contributed by atoms with Crippen molar-refractivity contribution in [1.82, 2.24) is 20.2 Å². The van der Waals surface area contributed by atoms with E-state index < -0.39 is 0 Å². The molecule has 1 amide bonds. The van der Waals surface area contributed by atoms with Crippen molar-refractivity contribution in [3.05, 3.63) is 44.6 Å². The molecule has 0 aliphatic carbocycles. The topological polar surface area (TPSA) is 104 Å². The fraction of sp³-hybridized carbons (Fsp3) is 0.214. The van der Waals surface area contributed by atoms with Crippen molar-refractivity contribution in [2.45, 2.75) is 19.8 Å². The fourth-order valence-corrected chi connectivity index (χ4v) is 3.16. The molecule has 3 aromatic rings. The molecule has 0 saturated carbocycles. The minimum Gasteiger partial charge on any atom is -0.302 e. The van der Waals surface area contributed by atoms with Crippen molar-refractivity contribution in [3.8, 4) is 0 Å². The van der Waals surface area contributed by atoms with Gasteiger partial charge >= 0.3 is 0 Å². The lowest BCUT2D eigenvalue weighted by Gasteiger charge is -2.00. The van der Waals surface area contributed by atoms with E-state index in [4.69, 9.17) is 12.2 Å². The summed E-state index contributed by atoms with van der Waals surface area (Å²) in [5.41, 5.74) is 1.86. The summed E-state index contributed by atoms with van der Waals surface area (Å²) in [5.74, 6) is -0.218. The standard InChI is InChI=1S/C14H13N5O2S2/c1-7-2-3-8-10(6-7)23-14(15-8)16-11(20)5-4-9-12(21)17-13(22)19-18-9/h2-3,6H,4-5H2,1H3,(H,15,16,20)(H2,17,19,21,22). The molecule has 3 rings (SSSR count). The molecule has 0 radical (unpaired) electrons. The van der Waals surface area contributed by atoms with E-state index in [1.165, 1.54) is 11.3 Å². The van der Waals surface area contributed by atoms with Gasteiger partial charge in [-0.15, -0.1) is 0 Å². The third kappa shape index (κ3) is 3.69. The number of hydrogen-bond acceptors (Lipinski definition) is 6. The lowest BCUT2D eigenvalue weighted by molar-refractivity contribution is -0.116. The van der Waals surface area contributed by atoms with Crippen LogP contribution in [0, 0.1) is 11.7 Å². The van der Waals surface area contributed by atoms with Gasteiger partial charge in [-0.1, -0.05) is 17.4 Å². The average Bonchev–Trinajstić information content (AvgIpc) is 2.87. The second-order valence-electron chi connectivity index (χ2n) is 4.99. The highest BCUT2D eigenvalue weighted by atomic mass is 32.1. The van der Waals surface area contributed by atoms with Crippen LogP contribution in [0.15, 0.2) is 23.0 Å². The largest absolute Gasteiger partial charge is 0.302 e. The summed E-state index contributed by atoms with van der Waals surface area (Å²) in [6.07, 6.45) is 0.354. The summed E-state index contributed by atoms with van der Waals surface area (Å²) in [7, 11) is 0. The number of amides is 1. The molecule has 2 aromatic heterocycles. The first kappa shape index (κ1) is 15.5. The first-order valence-electron chi connectivity index (χ1n) is 6.86. The maximum Gasteiger partial charge on any atom is 0.273 e. The molecule has 0 aliphatic heterocycles. The van der Waals surface area contributed by atoms with E-state index >= 15 is 0 Å². The van der Waals surface area contributed by atoms with E-state index in [2.05, 4.69) is 25.5 Å². The van der Waals surface area contributed by atoms with Crippen LogP contribution in [-0.2, 0) is 11.2 Å². The highest BCUT2D eigenvalue weighted by Crippen LogP contribution is 2.26. The SMILES string of the molecule is Cc1ccc2nc(NC(=O)CCc3n[nH]c(=S)[nH]c3=O)sc2c1. The number of hydrogen-bond donors (Lipinski definition) is 3. The van der Waals surface area contributed by atoms with Gasteiger partial charge in [-0.2, -0.15) is 5.10 Å². The quantitative estimate of drug-likeness (QED) is 0.628. The minimum absolute atomic E-state index is 0.135. The van der Waals surface area contributed by atoms with Gasteiger partial charge in [0.05, 0.1) is 10.2 Å². The number of aryl methyl sites for hydroxylation is 2. The lowest BCUT2D eigenvalue weighted by atomic mass is 10.2. The average molecular weight is 347 g/mol. The maximum absolute atomic E-state index is 12.0. The van der Waals surface area contributed by atoms with Gasteiger partial charge in [-0.05, 0) is 36.8 Å². The molecule has 0 fully saturated rings. The van der Waals surface area contributed by atoms with Gasteiger partial charge in [0.25, 0.3) is 5.56 Å². The van der Waals surface area contributed by atoms with Crippen LogP contribution in [-0.4, -0.2) is 26.1 Å². The van der Waals surface area contributed by atoms with Crippen molar-refractivity contribution >= 4 is 44.8 Å². The Bertz CT molecular complexity index is 988. The van der Waals surface area contributed by atoms with Crippen LogP contribution in [0.25, 0.3) is 10.2 Å². The van der Waals surface area contributed by atoms with E-state index in [9.17, 15) is 9.59 Å². The Balaban J connectivity index is 1.66. The van der Waals surface area contributed by atoms with Gasteiger partial charge in [0.1, 0.15) is 5.69 Å². The number of nitrogens with one attached hydrogen (secondary N) is 3. The Morgan fingerprint density at radius 1 is 1.43 bits per heavy atom. The van der Waals surface area contributed by atoms with Gasteiger partial charge in [0.15, 0.2) is 9.90 Å². The summed E-state index contributed by atoms with van der Waals surface area (Å²) in [5, 5.41) is 9.64. The number of anilines is 1. The van der Waals surface area contributed by atoms with Gasteiger partial charge in [-0.25, -0.2) is 4.98 Å². The van der Waals surface area contributed by atoms with Gasteiger partial charge in [-0.3, -0.25) is 19.7 Å². The molecule has 3 N–H and O–H groups in total. The third-order valence-corrected chi connectivity index (χ3v) is 4.29. The molecule has 23 heavy (non-hydrogen) atoms. The molecule has 0 spiro atoms. The third-order valence-electron chi connectivity index (χ3n) is 3.16. The summed E-state index contributed by atoms with van der Waals surface area (Å²) >= 11 is 6.18. The first-order chi connectivity index (χ1) is 11.0. The molecule has 7 nitrogen and oxygen atoms in total. The van der Waals surface area contributed by atoms with E-state index in [1.54, 1.807) is 0 Å². The zero-order chi connectivity index (χ0) is 16.4. The van der Waals surface area contributed by atoms with Crippen LogP contribution < -0.4 is 10.9 Å². The van der Waals surface area contributed by atoms with Crippen molar-refractivity contribution < 1.29 is 4.79 Å². The van der Waals surface area contributed by atoms with E-state index in [0.29, 0.717) is 5.13 Å². The number of thiazole rings is 1. The molecule has 0 unspecified atom stereocenters. The van der Waals surface area contributed by atoms with Gasteiger partial charge in [0, 0.05) is 12.8 Å². The molecule has 1 aromatic carbocycles. The van der Waals surface area contributed by atoms with Crippen molar-refractivity contribution in [2.24, 2.45) is 0 Å². The number of H-pyrrole nitrogens is 2. The van der Waals surface area contributed by atoms with E-state index in [0.717, 1.165) is 15.8 Å². The Morgan fingerprint density at radius 2 is 2.26 bits per heavy atom. The Kier molecular flexibility index (Phi) is 4.30. The highest BCUT2D eigenvalue weighted by Gasteiger charge is 2.10. The van der Waals surface area contributed by atoms with Crippen molar-refractivity contribution in [2.75, 3.05) is 5.32 Å². The summed E-state index contributed by atoms with van der Waals surface area (Å²) < 4.78 is 1.18. The second kappa shape index (κ2) is 6.39. The molecule has 0 atom stereocenters. The second-order valence-corrected chi connectivity index (χ2v) is 6.43. The fourth-order valence-electron chi connectivity index (χ4n) is 2.04. The van der Waals surface area contributed by atoms with E-state index in [1.807, 2.05) is 25.1 Å². The molecular formula is C14H13N5O2S2. The number of aromatic amines is 2. The molecular weight excluding hydrogens is 334 g/mol. The predicted octanol–water partition coefficient (Wildman–Crippen LogP) is 2.32. The van der Waals surface area contributed by atoms with Gasteiger partial charge in [0.2, 0.25) is 5.91 Å².